The molecule has 2 amide bonds. The molecular weight excluding hydrogens is 686 g/mol. The van der Waals surface area contributed by atoms with Gasteiger partial charge in [0.2, 0.25) is 0 Å². The molecule has 1 aliphatic rings. The summed E-state index contributed by atoms with van der Waals surface area (Å²) < 4.78 is 13.8. The van der Waals surface area contributed by atoms with Crippen molar-refractivity contribution in [1.82, 2.24) is 19.4 Å². The molecule has 1 aliphatic heterocycles. The monoisotopic (exact) mass is 723 g/mol. The second kappa shape index (κ2) is 14.5. The number of methoxy groups -OCH3 is 2. The van der Waals surface area contributed by atoms with Crippen molar-refractivity contribution in [2.24, 2.45) is 7.05 Å². The molecule has 11 heteroatoms. The summed E-state index contributed by atoms with van der Waals surface area (Å²) in [6.45, 7) is 6.29. The van der Waals surface area contributed by atoms with Crippen molar-refractivity contribution in [3.63, 3.8) is 0 Å². The van der Waals surface area contributed by atoms with Gasteiger partial charge in [-0.2, -0.15) is 5.26 Å². The number of aromatic nitrogens is 2. The summed E-state index contributed by atoms with van der Waals surface area (Å²) in [7, 11) is 6.61. The summed E-state index contributed by atoms with van der Waals surface area (Å²) in [6.07, 6.45) is 3.84. The Morgan fingerprint density at radius 2 is 1.80 bits per heavy atom. The van der Waals surface area contributed by atoms with Crippen molar-refractivity contribution in [2.75, 3.05) is 27.8 Å². The van der Waals surface area contributed by atoms with Gasteiger partial charge in [0.25, 0.3) is 17.4 Å². The Balaban J connectivity index is 1.37. The van der Waals surface area contributed by atoms with Crippen LogP contribution in [0.5, 0.6) is 11.5 Å². The lowest BCUT2D eigenvalue weighted by molar-refractivity contribution is -0.129. The fraction of sp³-hybridized carbons (Fsp3) is 0.289. The Hall–Kier alpha value is -5.21. The molecule has 0 aliphatic carbocycles. The molecule has 0 saturated carbocycles. The van der Waals surface area contributed by atoms with Gasteiger partial charge in [0.1, 0.15) is 27.7 Å². The van der Waals surface area contributed by atoms with Crippen molar-refractivity contribution in [1.29, 1.82) is 5.26 Å². The number of ether oxygens (including phenoxy) is 2. The van der Waals surface area contributed by atoms with Crippen molar-refractivity contribution < 1.29 is 19.1 Å². The molecule has 0 spiro atoms. The van der Waals surface area contributed by atoms with E-state index in [1.807, 2.05) is 51.1 Å². The second-order valence-corrected chi connectivity index (χ2v) is 12.9. The first-order valence-corrected chi connectivity index (χ1v) is 16.5. The standard InChI is InChI=1S/C38H38BrN5O5/c1-22-23(2)36(45)42(4)20-31(22)27-17-33(48-6)32(34(18-27)49-7)21-43(5)37(46)26-11-12-30-24(3)44(14-13-25(30)15-26)38(47)28(19-40)16-29-9-8-10-35(39)41-29/h8-12,15-18,20,24H,13-14,21H2,1-7H3/b28-16+. The molecule has 0 saturated heterocycles. The number of aryl methyl sites for hydroxylation is 1. The average molecular weight is 725 g/mol. The van der Waals surface area contributed by atoms with Crippen molar-refractivity contribution in [3.05, 3.63) is 114 Å². The molecule has 0 N–H and O–H groups in total. The third-order valence-electron chi connectivity index (χ3n) is 9.16. The van der Waals surface area contributed by atoms with Gasteiger partial charge in [-0.15, -0.1) is 0 Å². The lowest BCUT2D eigenvalue weighted by Crippen LogP contribution is -2.39. The molecule has 49 heavy (non-hydrogen) atoms. The highest BCUT2D eigenvalue weighted by Crippen LogP contribution is 2.37. The predicted octanol–water partition coefficient (Wildman–Crippen LogP) is 6.17. The Morgan fingerprint density at radius 3 is 2.43 bits per heavy atom. The number of halogens is 1. The summed E-state index contributed by atoms with van der Waals surface area (Å²) >= 11 is 3.32. The van der Waals surface area contributed by atoms with Crippen LogP contribution in [0.1, 0.15) is 56.8 Å². The van der Waals surface area contributed by atoms with Crippen molar-refractivity contribution in [3.8, 4) is 28.7 Å². The molecular formula is C38H38BrN5O5. The van der Waals surface area contributed by atoms with Crippen LogP contribution in [0.25, 0.3) is 17.2 Å². The average Bonchev–Trinajstić information content (AvgIpc) is 3.10. The first-order chi connectivity index (χ1) is 23.4. The predicted molar refractivity (Wildman–Crippen MR) is 191 cm³/mol. The SMILES string of the molecule is COc1cc(-c2cn(C)c(=O)c(C)c2C)cc(OC)c1CN(C)C(=O)c1ccc2c(c1)CCN(C(=O)/C(C#N)=C/c1cccc(Br)n1)C2C. The molecule has 0 bridgehead atoms. The number of amides is 2. The molecule has 252 valence electrons. The highest BCUT2D eigenvalue weighted by molar-refractivity contribution is 9.10. The minimum absolute atomic E-state index is 0.00725. The van der Waals surface area contributed by atoms with Crippen LogP contribution >= 0.6 is 15.9 Å². The van der Waals surface area contributed by atoms with Crippen LogP contribution < -0.4 is 15.0 Å². The number of carbonyl (C=O) groups excluding carboxylic acids is 2. The van der Waals surface area contributed by atoms with E-state index in [1.165, 1.54) is 6.08 Å². The number of nitriles is 1. The van der Waals surface area contributed by atoms with Gasteiger partial charge in [-0.3, -0.25) is 14.4 Å². The fourth-order valence-electron chi connectivity index (χ4n) is 6.28. The Bertz CT molecular complexity index is 2070. The number of fused-ring (bicyclic) bond motifs is 1. The number of hydrogen-bond donors (Lipinski definition) is 0. The molecule has 5 rings (SSSR count). The van der Waals surface area contributed by atoms with E-state index >= 15 is 0 Å². The molecule has 2 aromatic carbocycles. The van der Waals surface area contributed by atoms with Crippen LogP contribution in [-0.4, -0.2) is 59.0 Å². The molecule has 1 atom stereocenters. The molecule has 4 aromatic rings. The van der Waals surface area contributed by atoms with E-state index in [1.54, 1.807) is 73.1 Å². The first kappa shape index (κ1) is 35.1. The Labute approximate surface area is 294 Å². The third kappa shape index (κ3) is 7.01. The second-order valence-electron chi connectivity index (χ2n) is 12.1. The zero-order valence-corrected chi connectivity index (χ0v) is 30.2. The van der Waals surface area contributed by atoms with Gasteiger partial charge in [0, 0.05) is 43.5 Å². The number of rotatable bonds is 8. The molecule has 0 radical (unpaired) electrons. The maximum Gasteiger partial charge on any atom is 0.265 e. The maximum absolute atomic E-state index is 13.7. The summed E-state index contributed by atoms with van der Waals surface area (Å²) in [5, 5.41) is 9.79. The van der Waals surface area contributed by atoms with Crippen LogP contribution in [0.3, 0.4) is 0 Å². The zero-order valence-electron chi connectivity index (χ0n) is 28.6. The van der Waals surface area contributed by atoms with Gasteiger partial charge in [0.15, 0.2) is 0 Å². The van der Waals surface area contributed by atoms with Crippen LogP contribution in [-0.2, 0) is 24.8 Å². The van der Waals surface area contributed by atoms with Gasteiger partial charge in [-0.25, -0.2) is 4.98 Å². The number of carbonyl (C=O) groups is 2. The van der Waals surface area contributed by atoms with E-state index in [9.17, 15) is 19.6 Å². The van der Waals surface area contributed by atoms with Crippen LogP contribution in [0.2, 0.25) is 0 Å². The number of hydrogen-bond acceptors (Lipinski definition) is 7. The van der Waals surface area contributed by atoms with E-state index in [4.69, 9.17) is 9.47 Å². The summed E-state index contributed by atoms with van der Waals surface area (Å²) in [5.41, 5.74) is 6.89. The Kier molecular flexibility index (Phi) is 10.4. The highest BCUT2D eigenvalue weighted by Gasteiger charge is 2.30. The van der Waals surface area contributed by atoms with E-state index < -0.39 is 0 Å². The molecule has 2 aromatic heterocycles. The van der Waals surface area contributed by atoms with Gasteiger partial charge in [-0.05, 0) is 108 Å². The minimum atomic E-state index is -0.363. The van der Waals surface area contributed by atoms with Crippen LogP contribution in [0, 0.1) is 25.2 Å². The van der Waals surface area contributed by atoms with E-state index in [0.717, 1.165) is 27.8 Å². The van der Waals surface area contributed by atoms with Crippen LogP contribution in [0.15, 0.2) is 69.7 Å². The third-order valence-corrected chi connectivity index (χ3v) is 9.60. The van der Waals surface area contributed by atoms with Gasteiger partial charge in [-0.1, -0.05) is 12.1 Å². The van der Waals surface area contributed by atoms with E-state index in [2.05, 4.69) is 20.9 Å². The number of benzene rings is 2. The lowest BCUT2D eigenvalue weighted by atomic mass is 9.91. The van der Waals surface area contributed by atoms with Gasteiger partial charge < -0.3 is 23.8 Å². The van der Waals surface area contributed by atoms with E-state index in [-0.39, 0.29) is 35.5 Å². The Morgan fingerprint density at radius 1 is 1.10 bits per heavy atom. The molecule has 1 unspecified atom stereocenters. The molecule has 3 heterocycles. The smallest absolute Gasteiger partial charge is 0.265 e. The number of pyridine rings is 2. The minimum Gasteiger partial charge on any atom is -0.496 e. The summed E-state index contributed by atoms with van der Waals surface area (Å²) in [4.78, 5) is 47.3. The molecule has 0 fully saturated rings. The van der Waals surface area contributed by atoms with Crippen molar-refractivity contribution in [2.45, 2.75) is 39.8 Å². The quantitative estimate of drug-likeness (QED) is 0.121. The van der Waals surface area contributed by atoms with Gasteiger partial charge in [0.05, 0.1) is 38.1 Å². The maximum atomic E-state index is 13.7. The highest BCUT2D eigenvalue weighted by atomic mass is 79.9. The topological polar surface area (TPSA) is 118 Å². The molecule has 10 nitrogen and oxygen atoms in total. The summed E-state index contributed by atoms with van der Waals surface area (Å²) in [6, 6.07) is 16.4. The van der Waals surface area contributed by atoms with E-state index in [0.29, 0.717) is 51.5 Å². The zero-order chi connectivity index (χ0) is 35.6. The number of nitrogens with zero attached hydrogens (tertiary/aromatic N) is 5. The van der Waals surface area contributed by atoms with Crippen LogP contribution in [0.4, 0.5) is 0 Å². The first-order valence-electron chi connectivity index (χ1n) is 15.7. The lowest BCUT2D eigenvalue weighted by Gasteiger charge is -2.35. The summed E-state index contributed by atoms with van der Waals surface area (Å²) in [5.74, 6) is 0.580. The fourth-order valence-corrected chi connectivity index (χ4v) is 6.64. The van der Waals surface area contributed by atoms with Crippen molar-refractivity contribution >= 4 is 33.8 Å². The largest absolute Gasteiger partial charge is 0.496 e. The normalized spacial score (nSPS) is 14.1. The van der Waals surface area contributed by atoms with Gasteiger partial charge >= 0.3 is 0 Å².